The molecule has 0 aliphatic carbocycles. The predicted molar refractivity (Wildman–Crippen MR) is 123 cm³/mol. The third-order valence-electron chi connectivity index (χ3n) is 5.16. The number of carbonyl (C=O) groups excluding carboxylic acids is 4. The van der Waals surface area contributed by atoms with Crippen molar-refractivity contribution in [1.29, 1.82) is 0 Å². The van der Waals surface area contributed by atoms with Crippen molar-refractivity contribution in [1.82, 2.24) is 10.4 Å². The number of benzene rings is 2. The molecule has 34 heavy (non-hydrogen) atoms. The van der Waals surface area contributed by atoms with Crippen molar-refractivity contribution in [2.75, 3.05) is 26.2 Å². The molecule has 1 atom stereocenters. The van der Waals surface area contributed by atoms with Gasteiger partial charge in [-0.2, -0.15) is 0 Å². The van der Waals surface area contributed by atoms with Crippen LogP contribution in [-0.4, -0.2) is 56.0 Å². The predicted octanol–water partition coefficient (Wildman–Crippen LogP) is 2.09. The van der Waals surface area contributed by atoms with E-state index in [-0.39, 0.29) is 12.0 Å². The lowest BCUT2D eigenvalue weighted by molar-refractivity contribution is -0.137. The Hall–Kier alpha value is -4.34. The molecule has 0 spiro atoms. The van der Waals surface area contributed by atoms with E-state index in [2.05, 4.69) is 5.43 Å². The maximum Gasteiger partial charge on any atom is 0.270 e. The number of hydrogen-bond acceptors (Lipinski definition) is 7. The second-order valence-electron chi connectivity index (χ2n) is 7.21. The minimum atomic E-state index is -1.23. The highest BCUT2D eigenvalue weighted by molar-refractivity contribution is 6.23. The number of ether oxygens (including phenoxy) is 3. The zero-order valence-corrected chi connectivity index (χ0v) is 19.2. The SMILES string of the molecule is CC=CC(=O)N(NC(=O)c1ccc(OC)c(OC)c1)C1CC(=O)N(c2cccc(OC)c2)C1=O. The van der Waals surface area contributed by atoms with Crippen LogP contribution in [0.2, 0.25) is 0 Å². The van der Waals surface area contributed by atoms with Gasteiger partial charge in [-0.1, -0.05) is 12.1 Å². The summed E-state index contributed by atoms with van der Waals surface area (Å²) in [5, 5.41) is 0.874. The first-order valence-electron chi connectivity index (χ1n) is 10.3. The Morgan fingerprint density at radius 3 is 2.41 bits per heavy atom. The van der Waals surface area contributed by atoms with Gasteiger partial charge in [0.25, 0.3) is 17.7 Å². The number of rotatable bonds is 7. The van der Waals surface area contributed by atoms with E-state index in [4.69, 9.17) is 14.2 Å². The van der Waals surface area contributed by atoms with Gasteiger partial charge in [0, 0.05) is 17.7 Å². The molecule has 0 saturated carbocycles. The molecule has 0 aromatic heterocycles. The number of allylic oxidation sites excluding steroid dienone is 1. The van der Waals surface area contributed by atoms with Crippen LogP contribution in [0, 0.1) is 0 Å². The molecule has 1 N–H and O–H groups in total. The second kappa shape index (κ2) is 10.5. The van der Waals surface area contributed by atoms with Crippen molar-refractivity contribution in [3.63, 3.8) is 0 Å². The summed E-state index contributed by atoms with van der Waals surface area (Å²) in [4.78, 5) is 52.7. The molecule has 2 aromatic rings. The number of methoxy groups -OCH3 is 3. The van der Waals surface area contributed by atoms with Crippen molar-refractivity contribution >= 4 is 29.3 Å². The van der Waals surface area contributed by atoms with Gasteiger partial charge in [0.05, 0.1) is 33.4 Å². The highest BCUT2D eigenvalue weighted by Gasteiger charge is 2.45. The van der Waals surface area contributed by atoms with Gasteiger partial charge >= 0.3 is 0 Å². The fraction of sp³-hybridized carbons (Fsp3) is 0.250. The first kappa shape index (κ1) is 24.3. The Bertz CT molecular complexity index is 1150. The summed E-state index contributed by atoms with van der Waals surface area (Å²) in [5.41, 5.74) is 2.94. The molecule has 1 aliphatic rings. The number of imide groups is 1. The Kier molecular flexibility index (Phi) is 7.52. The van der Waals surface area contributed by atoms with E-state index in [1.54, 1.807) is 37.3 Å². The fourth-order valence-corrected chi connectivity index (χ4v) is 3.50. The van der Waals surface area contributed by atoms with Crippen molar-refractivity contribution in [2.45, 2.75) is 19.4 Å². The Balaban J connectivity index is 1.90. The topological polar surface area (TPSA) is 114 Å². The summed E-state index contributed by atoms with van der Waals surface area (Å²) in [6.07, 6.45) is 2.37. The zero-order valence-electron chi connectivity index (χ0n) is 19.2. The number of carbonyl (C=O) groups is 4. The molecule has 4 amide bonds. The third kappa shape index (κ3) is 4.85. The van der Waals surface area contributed by atoms with E-state index in [9.17, 15) is 19.2 Å². The maximum absolute atomic E-state index is 13.2. The molecule has 10 nitrogen and oxygen atoms in total. The number of anilines is 1. The van der Waals surface area contributed by atoms with E-state index in [0.717, 1.165) is 9.91 Å². The van der Waals surface area contributed by atoms with Crippen molar-refractivity contribution in [3.8, 4) is 17.2 Å². The first-order valence-corrected chi connectivity index (χ1v) is 10.3. The minimum absolute atomic E-state index is 0.164. The largest absolute Gasteiger partial charge is 0.497 e. The van der Waals surface area contributed by atoms with Crippen LogP contribution in [-0.2, 0) is 14.4 Å². The molecule has 1 fully saturated rings. The highest BCUT2D eigenvalue weighted by atomic mass is 16.5. The summed E-state index contributed by atoms with van der Waals surface area (Å²) >= 11 is 0. The Morgan fingerprint density at radius 2 is 1.76 bits per heavy atom. The van der Waals surface area contributed by atoms with E-state index in [1.807, 2.05) is 0 Å². The van der Waals surface area contributed by atoms with Crippen LogP contribution in [0.1, 0.15) is 23.7 Å². The highest BCUT2D eigenvalue weighted by Crippen LogP contribution is 2.29. The third-order valence-corrected chi connectivity index (χ3v) is 5.16. The molecule has 2 aromatic carbocycles. The van der Waals surface area contributed by atoms with Gasteiger partial charge in [0.15, 0.2) is 11.5 Å². The maximum atomic E-state index is 13.2. The van der Waals surface area contributed by atoms with Crippen LogP contribution in [0.4, 0.5) is 5.69 Å². The van der Waals surface area contributed by atoms with Gasteiger partial charge < -0.3 is 14.2 Å². The number of nitrogens with one attached hydrogen (secondary N) is 1. The number of hydrogen-bond donors (Lipinski definition) is 1. The Labute approximate surface area is 196 Å². The van der Waals surface area contributed by atoms with E-state index in [1.165, 1.54) is 45.6 Å². The van der Waals surface area contributed by atoms with Crippen LogP contribution in [0.3, 0.4) is 0 Å². The minimum Gasteiger partial charge on any atom is -0.497 e. The fourth-order valence-electron chi connectivity index (χ4n) is 3.50. The summed E-state index contributed by atoms with van der Waals surface area (Å²) < 4.78 is 15.6. The monoisotopic (exact) mass is 467 g/mol. The average molecular weight is 467 g/mol. The van der Waals surface area contributed by atoms with Gasteiger partial charge in [0.2, 0.25) is 5.91 Å². The van der Waals surface area contributed by atoms with Gasteiger partial charge in [-0.05, 0) is 37.3 Å². The lowest BCUT2D eigenvalue weighted by Crippen LogP contribution is -2.54. The second-order valence-corrected chi connectivity index (χ2v) is 7.21. The van der Waals surface area contributed by atoms with Crippen LogP contribution in [0.25, 0.3) is 0 Å². The standard InChI is InChI=1S/C24H25N3O7/c1-5-7-21(28)27(25-23(30)15-10-11-19(33-3)20(12-15)34-4)18-14-22(29)26(24(18)31)16-8-6-9-17(13-16)32-2/h5-13,18H,14H2,1-4H3,(H,25,30). The van der Waals surface area contributed by atoms with Gasteiger partial charge in [-0.25, -0.2) is 9.91 Å². The van der Waals surface area contributed by atoms with Gasteiger partial charge in [0.1, 0.15) is 11.8 Å². The molecule has 0 radical (unpaired) electrons. The molecule has 1 aliphatic heterocycles. The van der Waals surface area contributed by atoms with Crippen LogP contribution in [0.15, 0.2) is 54.6 Å². The van der Waals surface area contributed by atoms with Gasteiger partial charge in [-0.15, -0.1) is 0 Å². The molecular formula is C24H25N3O7. The van der Waals surface area contributed by atoms with Crippen LogP contribution in [0.5, 0.6) is 17.2 Å². The molecule has 1 heterocycles. The summed E-state index contributed by atoms with van der Waals surface area (Å²) in [6, 6.07) is 9.68. The average Bonchev–Trinajstić information content (AvgIpc) is 3.15. The molecule has 3 rings (SSSR count). The smallest absolute Gasteiger partial charge is 0.270 e. The number of amides is 4. The van der Waals surface area contributed by atoms with E-state index >= 15 is 0 Å². The lowest BCUT2D eigenvalue weighted by atomic mass is 10.2. The Morgan fingerprint density at radius 1 is 1.03 bits per heavy atom. The summed E-state index contributed by atoms with van der Waals surface area (Å²) in [7, 11) is 4.36. The van der Waals surface area contributed by atoms with Gasteiger partial charge in [-0.3, -0.25) is 24.6 Å². The van der Waals surface area contributed by atoms with Crippen LogP contribution >= 0.6 is 0 Å². The van der Waals surface area contributed by atoms with Crippen molar-refractivity contribution in [3.05, 3.63) is 60.2 Å². The lowest BCUT2D eigenvalue weighted by Gasteiger charge is -2.27. The van der Waals surface area contributed by atoms with Crippen LogP contribution < -0.4 is 24.5 Å². The quantitative estimate of drug-likeness (QED) is 0.377. The van der Waals surface area contributed by atoms with E-state index < -0.39 is 29.7 Å². The van der Waals surface area contributed by atoms with E-state index in [0.29, 0.717) is 22.9 Å². The zero-order chi connectivity index (χ0) is 24.8. The summed E-state index contributed by atoms with van der Waals surface area (Å²) in [5.74, 6) is -1.28. The molecular weight excluding hydrogens is 442 g/mol. The molecule has 0 bridgehead atoms. The first-order chi connectivity index (χ1) is 16.3. The molecule has 10 heteroatoms. The molecule has 1 saturated heterocycles. The van der Waals surface area contributed by atoms with Crippen molar-refractivity contribution in [2.24, 2.45) is 0 Å². The number of hydrazine groups is 1. The molecule has 178 valence electrons. The number of nitrogens with zero attached hydrogens (tertiary/aromatic N) is 2. The normalized spacial score (nSPS) is 15.4. The molecule has 1 unspecified atom stereocenters. The summed E-state index contributed by atoms with van der Waals surface area (Å²) in [6.45, 7) is 1.62. The van der Waals surface area contributed by atoms with Crippen molar-refractivity contribution < 1.29 is 33.4 Å².